The number of amides is 2. The van der Waals surface area contributed by atoms with Crippen LogP contribution in [-0.4, -0.2) is 55.0 Å². The zero-order chi connectivity index (χ0) is 24.7. The van der Waals surface area contributed by atoms with Gasteiger partial charge in [0.1, 0.15) is 17.4 Å². The Labute approximate surface area is 199 Å². The van der Waals surface area contributed by atoms with Crippen LogP contribution in [0.4, 0.5) is 0 Å². The maximum absolute atomic E-state index is 13.4. The van der Waals surface area contributed by atoms with Crippen molar-refractivity contribution < 1.29 is 23.9 Å². The molecule has 1 aliphatic carbocycles. The van der Waals surface area contributed by atoms with Crippen LogP contribution in [0.15, 0.2) is 35.9 Å². The predicted octanol–water partition coefficient (Wildman–Crippen LogP) is 1.31. The van der Waals surface area contributed by atoms with E-state index in [2.05, 4.69) is 16.7 Å². The molecule has 0 radical (unpaired) electrons. The molecule has 34 heavy (non-hydrogen) atoms. The van der Waals surface area contributed by atoms with Gasteiger partial charge in [-0.3, -0.25) is 14.4 Å². The first kappa shape index (κ1) is 25.4. The lowest BCUT2D eigenvalue weighted by atomic mass is 9.94. The van der Waals surface area contributed by atoms with E-state index >= 15 is 0 Å². The predicted molar refractivity (Wildman–Crippen MR) is 125 cm³/mol. The fraction of sp³-hybridized carbons (Fsp3) is 0.520. The van der Waals surface area contributed by atoms with Gasteiger partial charge in [0.25, 0.3) is 0 Å². The third-order valence-electron chi connectivity index (χ3n) is 6.21. The quantitative estimate of drug-likeness (QED) is 0.309. The summed E-state index contributed by atoms with van der Waals surface area (Å²) in [6.07, 6.45) is 5.43. The van der Waals surface area contributed by atoms with Crippen molar-refractivity contribution in [1.82, 2.24) is 10.6 Å². The summed E-state index contributed by atoms with van der Waals surface area (Å²) in [7, 11) is 1.56. The summed E-state index contributed by atoms with van der Waals surface area (Å²) in [4.78, 5) is 39.0. The Morgan fingerprint density at radius 2 is 1.85 bits per heavy atom. The number of ether oxygens (including phenoxy) is 2. The number of nitrogens with two attached hydrogens (primary N) is 1. The van der Waals surface area contributed by atoms with E-state index in [0.29, 0.717) is 18.8 Å². The first-order valence-corrected chi connectivity index (χ1v) is 11.5. The fourth-order valence-corrected chi connectivity index (χ4v) is 3.96. The van der Waals surface area contributed by atoms with Crippen molar-refractivity contribution in [2.24, 2.45) is 5.73 Å². The van der Waals surface area contributed by atoms with Gasteiger partial charge in [0, 0.05) is 6.42 Å². The van der Waals surface area contributed by atoms with E-state index in [1.54, 1.807) is 38.3 Å². The van der Waals surface area contributed by atoms with Crippen LogP contribution in [0.3, 0.4) is 0 Å². The Morgan fingerprint density at radius 3 is 2.41 bits per heavy atom. The van der Waals surface area contributed by atoms with Gasteiger partial charge in [-0.25, -0.2) is 0 Å². The van der Waals surface area contributed by atoms with E-state index in [0.717, 1.165) is 30.4 Å². The Kier molecular flexibility index (Phi) is 8.42. The molecule has 1 aromatic rings. The zero-order valence-corrected chi connectivity index (χ0v) is 19.6. The molecule has 4 N–H and O–H groups in total. The minimum absolute atomic E-state index is 0.173. The summed E-state index contributed by atoms with van der Waals surface area (Å²) in [6.45, 7) is 2.04. The van der Waals surface area contributed by atoms with Gasteiger partial charge in [-0.05, 0) is 50.3 Å². The van der Waals surface area contributed by atoms with Gasteiger partial charge in [-0.1, -0.05) is 23.8 Å². The molecule has 0 aromatic heterocycles. The summed E-state index contributed by atoms with van der Waals surface area (Å²) in [5.74, 6) is -0.606. The lowest BCUT2D eigenvalue weighted by Crippen LogP contribution is -2.56. The smallest absolute Gasteiger partial charge is 0.243 e. The number of Topliss-reactive ketones (excluding diaryl/α,β-unsaturated/α-hetero) is 1. The largest absolute Gasteiger partial charge is 0.497 e. The van der Waals surface area contributed by atoms with Gasteiger partial charge < -0.3 is 25.8 Å². The zero-order valence-electron chi connectivity index (χ0n) is 19.6. The molecule has 2 amide bonds. The molecule has 9 nitrogen and oxygen atoms in total. The number of methoxy groups -OCH3 is 1. The molecule has 2 aliphatic rings. The third-order valence-corrected chi connectivity index (χ3v) is 6.21. The fourth-order valence-electron chi connectivity index (χ4n) is 3.96. The summed E-state index contributed by atoms with van der Waals surface area (Å²) < 4.78 is 10.5. The number of nitriles is 1. The Morgan fingerprint density at radius 1 is 1.18 bits per heavy atom. The van der Waals surface area contributed by atoms with E-state index < -0.39 is 35.5 Å². The average molecular weight is 469 g/mol. The number of carbonyl (C=O) groups is 3. The first-order valence-electron chi connectivity index (χ1n) is 11.5. The summed E-state index contributed by atoms with van der Waals surface area (Å²) >= 11 is 0. The molecule has 0 unspecified atom stereocenters. The molecule has 0 saturated carbocycles. The maximum atomic E-state index is 13.4. The second kappa shape index (κ2) is 11.3. The van der Waals surface area contributed by atoms with Gasteiger partial charge in [0.2, 0.25) is 11.8 Å². The third kappa shape index (κ3) is 6.65. The molecular weight excluding hydrogens is 436 g/mol. The molecule has 9 heteroatoms. The average Bonchev–Trinajstić information content (AvgIpc) is 3.37. The molecule has 182 valence electrons. The van der Waals surface area contributed by atoms with Crippen LogP contribution in [-0.2, 0) is 25.5 Å². The Bertz CT molecular complexity index is 978. The highest BCUT2D eigenvalue weighted by Gasteiger charge is 2.50. The van der Waals surface area contributed by atoms with Crippen LogP contribution in [0.1, 0.15) is 44.6 Å². The molecule has 1 fully saturated rings. The molecule has 3 rings (SSSR count). The van der Waals surface area contributed by atoms with Crippen LogP contribution in [0.25, 0.3) is 0 Å². The van der Waals surface area contributed by atoms with Crippen LogP contribution in [0, 0.1) is 11.3 Å². The SMILES string of the molecule is COc1ccc(C[C@H](NC(=O)[C@@H](N)CC#N)C(=O)N[C@@H](CC2=CCCC2)C(=O)[C@]2(C)CO2)cc1. The number of benzene rings is 1. The highest BCUT2D eigenvalue weighted by molar-refractivity contribution is 5.98. The molecule has 1 aromatic carbocycles. The number of carbonyl (C=O) groups excluding carboxylic acids is 3. The van der Waals surface area contributed by atoms with Crippen molar-refractivity contribution in [2.75, 3.05) is 13.7 Å². The van der Waals surface area contributed by atoms with Crippen molar-refractivity contribution in [2.45, 2.75) is 69.2 Å². The van der Waals surface area contributed by atoms with Crippen LogP contribution in [0.5, 0.6) is 5.75 Å². The second-order valence-electron chi connectivity index (χ2n) is 8.99. The van der Waals surface area contributed by atoms with Gasteiger partial charge in [0.15, 0.2) is 5.78 Å². The van der Waals surface area contributed by atoms with E-state index in [-0.39, 0.29) is 18.6 Å². The van der Waals surface area contributed by atoms with E-state index in [1.807, 2.05) is 6.07 Å². The van der Waals surface area contributed by atoms with Gasteiger partial charge in [-0.2, -0.15) is 5.26 Å². The minimum atomic E-state index is -1.06. The Balaban J connectivity index is 1.78. The van der Waals surface area contributed by atoms with Gasteiger partial charge >= 0.3 is 0 Å². The van der Waals surface area contributed by atoms with Crippen LogP contribution >= 0.6 is 0 Å². The van der Waals surface area contributed by atoms with Gasteiger partial charge in [0.05, 0.1) is 38.3 Å². The van der Waals surface area contributed by atoms with Crippen LogP contribution in [0.2, 0.25) is 0 Å². The maximum Gasteiger partial charge on any atom is 0.243 e. The first-order chi connectivity index (χ1) is 16.3. The van der Waals surface area contributed by atoms with Crippen molar-refractivity contribution in [1.29, 1.82) is 5.26 Å². The number of hydrogen-bond acceptors (Lipinski definition) is 7. The topological polar surface area (TPSA) is 147 Å². The molecule has 1 saturated heterocycles. The number of rotatable bonds is 12. The number of nitrogens with zero attached hydrogens (tertiary/aromatic N) is 1. The number of ketones is 1. The van der Waals surface area contributed by atoms with Crippen molar-refractivity contribution in [3.63, 3.8) is 0 Å². The molecule has 1 aliphatic heterocycles. The molecule has 0 bridgehead atoms. The van der Waals surface area contributed by atoms with Crippen molar-refractivity contribution >= 4 is 17.6 Å². The molecule has 0 spiro atoms. The minimum Gasteiger partial charge on any atom is -0.497 e. The number of hydrogen-bond donors (Lipinski definition) is 3. The highest BCUT2D eigenvalue weighted by atomic mass is 16.6. The monoisotopic (exact) mass is 468 g/mol. The van der Waals surface area contributed by atoms with Crippen LogP contribution < -0.4 is 21.1 Å². The standard InChI is InChI=1S/C25H32N4O5/c1-25(15-34-25)22(30)20(13-16-5-3-4-6-16)28-24(32)21(29-23(31)19(27)11-12-26)14-17-7-9-18(33-2)10-8-17/h5,7-10,19-21H,3-4,6,11,13-15,27H2,1-2H3,(H,28,32)(H,29,31)/t19-,20-,21-,25-/m0/s1. The van der Waals surface area contributed by atoms with Crippen molar-refractivity contribution in [3.8, 4) is 11.8 Å². The van der Waals surface area contributed by atoms with E-state index in [4.69, 9.17) is 20.5 Å². The number of epoxide rings is 1. The molecule has 1 heterocycles. The summed E-state index contributed by atoms with van der Waals surface area (Å²) in [5.41, 5.74) is 6.80. The second-order valence-corrected chi connectivity index (χ2v) is 8.99. The lowest BCUT2D eigenvalue weighted by molar-refractivity contribution is -0.133. The molecule has 4 atom stereocenters. The van der Waals surface area contributed by atoms with Gasteiger partial charge in [-0.15, -0.1) is 0 Å². The normalized spacial score (nSPS) is 21.4. The Hall–Kier alpha value is -3.22. The molecular formula is C25H32N4O5. The highest BCUT2D eigenvalue weighted by Crippen LogP contribution is 2.31. The van der Waals surface area contributed by atoms with Crippen molar-refractivity contribution in [3.05, 3.63) is 41.5 Å². The lowest BCUT2D eigenvalue weighted by Gasteiger charge is -2.25. The summed E-state index contributed by atoms with van der Waals surface area (Å²) in [5, 5.41) is 14.4. The number of allylic oxidation sites excluding steroid dienone is 1. The van der Waals surface area contributed by atoms with E-state index in [1.165, 1.54) is 0 Å². The number of nitrogens with one attached hydrogen (secondary N) is 2. The van der Waals surface area contributed by atoms with E-state index in [9.17, 15) is 14.4 Å². The summed E-state index contributed by atoms with van der Waals surface area (Å²) in [6, 6.07) is 6.18.